The predicted octanol–water partition coefficient (Wildman–Crippen LogP) is 2.75. The fourth-order valence-electron chi connectivity index (χ4n) is 2.34. The Bertz CT molecular complexity index is 557. The van der Waals surface area contributed by atoms with Crippen LogP contribution in [0, 0.1) is 11.6 Å². The molecule has 1 aliphatic rings. The number of anilines is 1. The highest BCUT2D eigenvalue weighted by Crippen LogP contribution is 2.32. The summed E-state index contributed by atoms with van der Waals surface area (Å²) < 4.78 is 27.4. The van der Waals surface area contributed by atoms with Crippen LogP contribution >= 0.6 is 15.9 Å². The van der Waals surface area contributed by atoms with Gasteiger partial charge in [-0.1, -0.05) is 13.3 Å². The molecule has 21 heavy (non-hydrogen) atoms. The summed E-state index contributed by atoms with van der Waals surface area (Å²) in [5.74, 6) is -2.19. The highest BCUT2D eigenvalue weighted by atomic mass is 79.9. The molecule has 2 rings (SSSR count). The molecule has 2 amide bonds. The molecule has 0 radical (unpaired) electrons. The Morgan fingerprint density at radius 2 is 2.10 bits per heavy atom. The van der Waals surface area contributed by atoms with Crippen LogP contribution in [0.5, 0.6) is 0 Å². The molecule has 4 nitrogen and oxygen atoms in total. The standard InChI is InChI=1S/C14H15BrF2N2O2/c1-2-3-11-14(21)19(5-4-12(20)18-11)13-9(15)6-8(16)7-10(13)17/h6-7,11H,2-5H2,1H3,(H,18,20). The lowest BCUT2D eigenvalue weighted by molar-refractivity contribution is -0.125. The van der Waals surface area contributed by atoms with Gasteiger partial charge in [0, 0.05) is 23.5 Å². The first-order chi connectivity index (χ1) is 9.93. The molecule has 0 bridgehead atoms. The van der Waals surface area contributed by atoms with Crippen molar-refractivity contribution in [1.82, 2.24) is 5.32 Å². The number of amides is 2. The van der Waals surface area contributed by atoms with Gasteiger partial charge in [0.15, 0.2) is 5.82 Å². The van der Waals surface area contributed by atoms with E-state index in [1.165, 1.54) is 4.90 Å². The first-order valence-electron chi connectivity index (χ1n) is 6.69. The van der Waals surface area contributed by atoms with Crippen LogP contribution < -0.4 is 10.2 Å². The summed E-state index contributed by atoms with van der Waals surface area (Å²) in [5, 5.41) is 2.64. The van der Waals surface area contributed by atoms with Crippen molar-refractivity contribution in [3.8, 4) is 0 Å². The van der Waals surface area contributed by atoms with E-state index in [4.69, 9.17) is 0 Å². The van der Waals surface area contributed by atoms with Crippen molar-refractivity contribution in [2.45, 2.75) is 32.2 Å². The number of rotatable bonds is 3. The van der Waals surface area contributed by atoms with Crippen molar-refractivity contribution in [2.24, 2.45) is 0 Å². The van der Waals surface area contributed by atoms with Gasteiger partial charge in [-0.2, -0.15) is 0 Å². The molecule has 7 heteroatoms. The van der Waals surface area contributed by atoms with E-state index < -0.39 is 17.7 Å². The molecule has 114 valence electrons. The molecule has 1 fully saturated rings. The summed E-state index contributed by atoms with van der Waals surface area (Å²) in [7, 11) is 0. The number of nitrogens with zero attached hydrogens (tertiary/aromatic N) is 1. The molecule has 1 aromatic rings. The van der Waals surface area contributed by atoms with Crippen molar-refractivity contribution in [2.75, 3.05) is 11.4 Å². The van der Waals surface area contributed by atoms with Gasteiger partial charge in [0.1, 0.15) is 11.9 Å². The monoisotopic (exact) mass is 360 g/mol. The van der Waals surface area contributed by atoms with Crippen LogP contribution in [-0.4, -0.2) is 24.4 Å². The second-order valence-corrected chi connectivity index (χ2v) is 5.72. The Hall–Kier alpha value is -1.50. The molecule has 1 unspecified atom stereocenters. The highest BCUT2D eigenvalue weighted by Gasteiger charge is 2.32. The minimum absolute atomic E-state index is 0.0287. The van der Waals surface area contributed by atoms with E-state index in [1.54, 1.807) is 0 Å². The van der Waals surface area contributed by atoms with Crippen molar-refractivity contribution in [1.29, 1.82) is 0 Å². The maximum atomic E-state index is 14.0. The van der Waals surface area contributed by atoms with Gasteiger partial charge in [-0.25, -0.2) is 8.78 Å². The molecule has 1 heterocycles. The lowest BCUT2D eigenvalue weighted by Crippen LogP contribution is -2.45. The smallest absolute Gasteiger partial charge is 0.249 e. The van der Waals surface area contributed by atoms with Crippen LogP contribution in [-0.2, 0) is 9.59 Å². The number of nitrogens with one attached hydrogen (secondary N) is 1. The first-order valence-corrected chi connectivity index (χ1v) is 7.48. The normalized spacial score (nSPS) is 19.4. The van der Waals surface area contributed by atoms with Gasteiger partial charge in [0.2, 0.25) is 11.8 Å². The Morgan fingerprint density at radius 3 is 2.71 bits per heavy atom. The maximum Gasteiger partial charge on any atom is 0.249 e. The quantitative estimate of drug-likeness (QED) is 0.900. The molecule has 0 saturated carbocycles. The van der Waals surface area contributed by atoms with Crippen LogP contribution in [0.25, 0.3) is 0 Å². The number of hydrogen-bond donors (Lipinski definition) is 1. The zero-order valence-electron chi connectivity index (χ0n) is 11.5. The molecule has 1 aromatic carbocycles. The van der Waals surface area contributed by atoms with Crippen LogP contribution in [0.15, 0.2) is 16.6 Å². The van der Waals surface area contributed by atoms with Crippen molar-refractivity contribution >= 4 is 33.4 Å². The first kappa shape index (κ1) is 15.9. The highest BCUT2D eigenvalue weighted by molar-refractivity contribution is 9.10. The van der Waals surface area contributed by atoms with E-state index in [1.807, 2.05) is 6.92 Å². The second-order valence-electron chi connectivity index (χ2n) is 4.87. The van der Waals surface area contributed by atoms with Gasteiger partial charge in [0.25, 0.3) is 0 Å². The second kappa shape index (κ2) is 6.51. The van der Waals surface area contributed by atoms with Crippen molar-refractivity contribution < 1.29 is 18.4 Å². The lowest BCUT2D eigenvalue weighted by Gasteiger charge is -2.25. The SMILES string of the molecule is CCCC1NC(=O)CCN(c2c(F)cc(F)cc2Br)C1=O. The van der Waals surface area contributed by atoms with Crippen LogP contribution in [0.4, 0.5) is 14.5 Å². The number of halogens is 3. The molecule has 1 saturated heterocycles. The van der Waals surface area contributed by atoms with Gasteiger partial charge in [0.05, 0.1) is 5.69 Å². The van der Waals surface area contributed by atoms with Crippen LogP contribution in [0.3, 0.4) is 0 Å². The number of benzene rings is 1. The van der Waals surface area contributed by atoms with Crippen molar-refractivity contribution in [3.05, 3.63) is 28.2 Å². The fraction of sp³-hybridized carbons (Fsp3) is 0.429. The van der Waals surface area contributed by atoms with Gasteiger partial charge >= 0.3 is 0 Å². The molecule has 0 aliphatic carbocycles. The van der Waals surface area contributed by atoms with Gasteiger partial charge < -0.3 is 10.2 Å². The lowest BCUT2D eigenvalue weighted by atomic mass is 10.1. The molecular formula is C14H15BrF2N2O2. The van der Waals surface area contributed by atoms with Crippen molar-refractivity contribution in [3.63, 3.8) is 0 Å². The third-order valence-electron chi connectivity index (χ3n) is 3.29. The molecular weight excluding hydrogens is 346 g/mol. The number of carbonyl (C=O) groups is 2. The predicted molar refractivity (Wildman–Crippen MR) is 77.9 cm³/mol. The fourth-order valence-corrected chi connectivity index (χ4v) is 2.96. The Labute approximate surface area is 129 Å². The minimum atomic E-state index is -0.833. The van der Waals surface area contributed by atoms with E-state index in [2.05, 4.69) is 21.2 Å². The average molecular weight is 361 g/mol. The molecule has 1 atom stereocenters. The summed E-state index contributed by atoms with van der Waals surface area (Å²) in [6, 6.07) is 1.14. The molecule has 0 aromatic heterocycles. The molecule has 1 N–H and O–H groups in total. The van der Waals surface area contributed by atoms with E-state index in [9.17, 15) is 18.4 Å². The Balaban J connectivity index is 2.41. The summed E-state index contributed by atoms with van der Waals surface area (Å²) in [6.45, 7) is 1.95. The largest absolute Gasteiger partial charge is 0.344 e. The van der Waals surface area contributed by atoms with E-state index in [-0.39, 0.29) is 34.9 Å². The Kier molecular flexibility index (Phi) is 4.92. The summed E-state index contributed by atoms with van der Waals surface area (Å²) >= 11 is 3.08. The zero-order chi connectivity index (χ0) is 15.6. The Morgan fingerprint density at radius 1 is 1.38 bits per heavy atom. The minimum Gasteiger partial charge on any atom is -0.344 e. The number of hydrogen-bond acceptors (Lipinski definition) is 2. The van der Waals surface area contributed by atoms with E-state index in [0.717, 1.165) is 12.1 Å². The van der Waals surface area contributed by atoms with E-state index >= 15 is 0 Å². The average Bonchev–Trinajstić information content (AvgIpc) is 2.51. The summed E-state index contributed by atoms with van der Waals surface area (Å²) in [5.41, 5.74) is -0.0287. The summed E-state index contributed by atoms with van der Waals surface area (Å²) in [4.78, 5) is 25.4. The van der Waals surface area contributed by atoms with E-state index in [0.29, 0.717) is 12.8 Å². The third-order valence-corrected chi connectivity index (χ3v) is 3.90. The van der Waals surface area contributed by atoms with Crippen LogP contribution in [0.1, 0.15) is 26.2 Å². The van der Waals surface area contributed by atoms with Gasteiger partial charge in [-0.15, -0.1) is 0 Å². The van der Waals surface area contributed by atoms with Gasteiger partial charge in [-0.3, -0.25) is 9.59 Å². The summed E-state index contributed by atoms with van der Waals surface area (Å²) in [6.07, 6.45) is 1.26. The number of carbonyl (C=O) groups excluding carboxylic acids is 2. The molecule has 1 aliphatic heterocycles. The van der Waals surface area contributed by atoms with Crippen LogP contribution in [0.2, 0.25) is 0 Å². The molecule has 0 spiro atoms. The maximum absolute atomic E-state index is 14.0. The van der Waals surface area contributed by atoms with Gasteiger partial charge in [-0.05, 0) is 28.4 Å². The zero-order valence-corrected chi connectivity index (χ0v) is 13.0. The topological polar surface area (TPSA) is 49.4 Å². The third kappa shape index (κ3) is 3.40.